The Bertz CT molecular complexity index is 644. The number of amides is 1. The summed E-state index contributed by atoms with van der Waals surface area (Å²) in [7, 11) is 0. The topological polar surface area (TPSA) is 64.3 Å². The van der Waals surface area contributed by atoms with Gasteiger partial charge < -0.3 is 15.8 Å². The Morgan fingerprint density at radius 1 is 1.29 bits per heavy atom. The molecule has 21 heavy (non-hydrogen) atoms. The van der Waals surface area contributed by atoms with E-state index in [1.54, 1.807) is 30.3 Å². The first kappa shape index (κ1) is 14.8. The molecule has 0 fully saturated rings. The van der Waals surface area contributed by atoms with Crippen molar-refractivity contribution in [2.24, 2.45) is 0 Å². The zero-order valence-electron chi connectivity index (χ0n) is 11.7. The standard InChI is InChI=1S/C16H17FN2O2/c1-2-21-15-13(7-4-8-14(15)18)16(20)19-10-11-5-3-6-12(17)9-11/h3-9H,2,10,18H2,1H3,(H,19,20). The molecule has 0 heterocycles. The van der Waals surface area contributed by atoms with Gasteiger partial charge in [0.15, 0.2) is 5.75 Å². The maximum absolute atomic E-state index is 13.1. The van der Waals surface area contributed by atoms with Crippen LogP contribution in [0.1, 0.15) is 22.8 Å². The lowest BCUT2D eigenvalue weighted by Gasteiger charge is -2.12. The number of para-hydroxylation sites is 1. The summed E-state index contributed by atoms with van der Waals surface area (Å²) in [4.78, 5) is 12.2. The van der Waals surface area contributed by atoms with Crippen LogP contribution in [0.3, 0.4) is 0 Å². The molecule has 0 unspecified atom stereocenters. The van der Waals surface area contributed by atoms with Crippen molar-refractivity contribution in [3.05, 3.63) is 59.4 Å². The van der Waals surface area contributed by atoms with Crippen LogP contribution >= 0.6 is 0 Å². The van der Waals surface area contributed by atoms with Gasteiger partial charge in [-0.3, -0.25) is 4.79 Å². The zero-order chi connectivity index (χ0) is 15.2. The third-order valence-corrected chi connectivity index (χ3v) is 2.92. The van der Waals surface area contributed by atoms with E-state index in [2.05, 4.69) is 5.32 Å². The summed E-state index contributed by atoms with van der Waals surface area (Å²) < 4.78 is 18.5. The number of carbonyl (C=O) groups excluding carboxylic acids is 1. The fourth-order valence-corrected chi connectivity index (χ4v) is 1.96. The Morgan fingerprint density at radius 3 is 2.76 bits per heavy atom. The van der Waals surface area contributed by atoms with Gasteiger partial charge >= 0.3 is 0 Å². The molecule has 0 aliphatic heterocycles. The Kier molecular flexibility index (Phi) is 4.77. The van der Waals surface area contributed by atoms with Gasteiger partial charge in [0.05, 0.1) is 17.9 Å². The number of hydrogen-bond donors (Lipinski definition) is 2. The Labute approximate surface area is 122 Å². The number of ether oxygens (including phenoxy) is 1. The zero-order valence-corrected chi connectivity index (χ0v) is 11.7. The van der Waals surface area contributed by atoms with Gasteiger partial charge in [-0.1, -0.05) is 18.2 Å². The molecule has 0 saturated carbocycles. The molecule has 0 saturated heterocycles. The fourth-order valence-electron chi connectivity index (χ4n) is 1.96. The highest BCUT2D eigenvalue weighted by Crippen LogP contribution is 2.26. The molecule has 0 aromatic heterocycles. The lowest BCUT2D eigenvalue weighted by atomic mass is 10.1. The van der Waals surface area contributed by atoms with Gasteiger partial charge in [-0.05, 0) is 36.8 Å². The number of halogens is 1. The van der Waals surface area contributed by atoms with Crippen LogP contribution in [0.5, 0.6) is 5.75 Å². The second-order valence-electron chi connectivity index (χ2n) is 4.47. The van der Waals surface area contributed by atoms with Gasteiger partial charge in [0, 0.05) is 6.54 Å². The van der Waals surface area contributed by atoms with Crippen LogP contribution in [0.4, 0.5) is 10.1 Å². The number of carbonyl (C=O) groups is 1. The van der Waals surface area contributed by atoms with E-state index in [1.165, 1.54) is 12.1 Å². The molecule has 0 radical (unpaired) electrons. The van der Waals surface area contributed by atoms with Crippen molar-refractivity contribution < 1.29 is 13.9 Å². The van der Waals surface area contributed by atoms with Gasteiger partial charge in [0.2, 0.25) is 0 Å². The first-order valence-corrected chi connectivity index (χ1v) is 6.65. The highest BCUT2D eigenvalue weighted by molar-refractivity contribution is 5.98. The number of benzene rings is 2. The van der Waals surface area contributed by atoms with Crippen molar-refractivity contribution in [3.63, 3.8) is 0 Å². The molecular weight excluding hydrogens is 271 g/mol. The average molecular weight is 288 g/mol. The number of nitrogens with one attached hydrogen (secondary N) is 1. The molecule has 2 aromatic carbocycles. The van der Waals surface area contributed by atoms with Gasteiger partial charge in [-0.25, -0.2) is 4.39 Å². The van der Waals surface area contributed by atoms with Crippen LogP contribution in [-0.4, -0.2) is 12.5 Å². The number of hydrogen-bond acceptors (Lipinski definition) is 3. The molecule has 2 aromatic rings. The number of rotatable bonds is 5. The van der Waals surface area contributed by atoms with Crippen molar-refractivity contribution >= 4 is 11.6 Å². The van der Waals surface area contributed by atoms with Crippen LogP contribution in [0, 0.1) is 5.82 Å². The van der Waals surface area contributed by atoms with Gasteiger partial charge in [0.1, 0.15) is 5.82 Å². The molecule has 0 bridgehead atoms. The van der Waals surface area contributed by atoms with E-state index in [-0.39, 0.29) is 18.3 Å². The normalized spacial score (nSPS) is 10.2. The van der Waals surface area contributed by atoms with Crippen molar-refractivity contribution in [1.82, 2.24) is 5.32 Å². The van der Waals surface area contributed by atoms with Crippen LogP contribution in [0.2, 0.25) is 0 Å². The number of anilines is 1. The van der Waals surface area contributed by atoms with Gasteiger partial charge in [0.25, 0.3) is 5.91 Å². The molecule has 0 atom stereocenters. The summed E-state index contributed by atoms with van der Waals surface area (Å²) in [6, 6.07) is 11.1. The van der Waals surface area contributed by atoms with Crippen LogP contribution in [-0.2, 0) is 6.54 Å². The quantitative estimate of drug-likeness (QED) is 0.831. The predicted molar refractivity (Wildman–Crippen MR) is 79.6 cm³/mol. The summed E-state index contributed by atoms with van der Waals surface area (Å²) in [6.07, 6.45) is 0. The smallest absolute Gasteiger partial charge is 0.255 e. The van der Waals surface area contributed by atoms with E-state index in [1.807, 2.05) is 6.92 Å². The SMILES string of the molecule is CCOc1c(N)cccc1C(=O)NCc1cccc(F)c1. The maximum Gasteiger partial charge on any atom is 0.255 e. The third-order valence-electron chi connectivity index (χ3n) is 2.92. The molecule has 0 aliphatic rings. The van der Waals surface area contributed by atoms with Gasteiger partial charge in [-0.15, -0.1) is 0 Å². The summed E-state index contributed by atoms with van der Waals surface area (Å²) in [5, 5.41) is 2.73. The minimum Gasteiger partial charge on any atom is -0.491 e. The lowest BCUT2D eigenvalue weighted by Crippen LogP contribution is -2.23. The van der Waals surface area contributed by atoms with E-state index < -0.39 is 0 Å². The molecule has 2 rings (SSSR count). The minimum atomic E-state index is -0.333. The fraction of sp³-hybridized carbons (Fsp3) is 0.188. The molecule has 4 nitrogen and oxygen atoms in total. The average Bonchev–Trinajstić information content (AvgIpc) is 2.47. The van der Waals surface area contributed by atoms with E-state index in [0.717, 1.165) is 0 Å². The second-order valence-corrected chi connectivity index (χ2v) is 4.47. The molecule has 5 heteroatoms. The highest BCUT2D eigenvalue weighted by atomic mass is 19.1. The Balaban J connectivity index is 2.12. The van der Waals surface area contributed by atoms with E-state index in [0.29, 0.717) is 29.2 Å². The molecule has 1 amide bonds. The van der Waals surface area contributed by atoms with Crippen LogP contribution < -0.4 is 15.8 Å². The van der Waals surface area contributed by atoms with E-state index in [4.69, 9.17) is 10.5 Å². The lowest BCUT2D eigenvalue weighted by molar-refractivity contribution is 0.0947. The molecule has 3 N–H and O–H groups in total. The predicted octanol–water partition coefficient (Wildman–Crippen LogP) is 2.74. The molecular formula is C16H17FN2O2. The van der Waals surface area contributed by atoms with Crippen molar-refractivity contribution in [1.29, 1.82) is 0 Å². The highest BCUT2D eigenvalue weighted by Gasteiger charge is 2.14. The van der Waals surface area contributed by atoms with Gasteiger partial charge in [-0.2, -0.15) is 0 Å². The first-order chi connectivity index (χ1) is 10.1. The number of nitrogens with two attached hydrogens (primary N) is 1. The van der Waals surface area contributed by atoms with Crippen molar-refractivity contribution in [3.8, 4) is 5.75 Å². The summed E-state index contributed by atoms with van der Waals surface area (Å²) in [5.41, 5.74) is 7.28. The van der Waals surface area contributed by atoms with E-state index in [9.17, 15) is 9.18 Å². The summed E-state index contributed by atoms with van der Waals surface area (Å²) in [6.45, 7) is 2.47. The number of nitrogen functional groups attached to an aromatic ring is 1. The molecule has 0 aliphatic carbocycles. The minimum absolute atomic E-state index is 0.233. The maximum atomic E-state index is 13.1. The van der Waals surface area contributed by atoms with Crippen molar-refractivity contribution in [2.75, 3.05) is 12.3 Å². The first-order valence-electron chi connectivity index (χ1n) is 6.65. The van der Waals surface area contributed by atoms with E-state index >= 15 is 0 Å². The second kappa shape index (κ2) is 6.74. The van der Waals surface area contributed by atoms with Crippen LogP contribution in [0.25, 0.3) is 0 Å². The monoisotopic (exact) mass is 288 g/mol. The largest absolute Gasteiger partial charge is 0.491 e. The summed E-state index contributed by atoms with van der Waals surface area (Å²) in [5.74, 6) is -0.271. The van der Waals surface area contributed by atoms with Crippen LogP contribution in [0.15, 0.2) is 42.5 Å². The Hall–Kier alpha value is -2.56. The Morgan fingerprint density at radius 2 is 2.05 bits per heavy atom. The molecule has 0 spiro atoms. The van der Waals surface area contributed by atoms with Crippen molar-refractivity contribution in [2.45, 2.75) is 13.5 Å². The summed E-state index contributed by atoms with van der Waals surface area (Å²) >= 11 is 0. The molecule has 110 valence electrons. The third kappa shape index (κ3) is 3.72.